The molecule has 1 aliphatic rings. The molecule has 0 aliphatic heterocycles. The van der Waals surface area contributed by atoms with Crippen molar-refractivity contribution in [1.82, 2.24) is 10.2 Å². The quantitative estimate of drug-likeness (QED) is 0.733. The third-order valence-corrected chi connectivity index (χ3v) is 5.43. The maximum absolute atomic E-state index is 3.91. The minimum Gasteiger partial charge on any atom is -0.312 e. The summed E-state index contributed by atoms with van der Waals surface area (Å²) < 4.78 is 0. The number of hydrogen-bond acceptors (Lipinski definition) is 2. The number of benzene rings is 1. The molecule has 0 heterocycles. The van der Waals surface area contributed by atoms with Gasteiger partial charge in [-0.3, -0.25) is 4.90 Å². The summed E-state index contributed by atoms with van der Waals surface area (Å²) >= 11 is 0. The van der Waals surface area contributed by atoms with Gasteiger partial charge in [-0.15, -0.1) is 0 Å². The van der Waals surface area contributed by atoms with Gasteiger partial charge in [0.1, 0.15) is 0 Å². The number of nitrogens with zero attached hydrogens (tertiary/aromatic N) is 1. The highest BCUT2D eigenvalue weighted by Crippen LogP contribution is 2.39. The van der Waals surface area contributed by atoms with Crippen molar-refractivity contribution in [3.8, 4) is 0 Å². The van der Waals surface area contributed by atoms with E-state index < -0.39 is 0 Å². The minimum atomic E-state index is 0.356. The summed E-state index contributed by atoms with van der Waals surface area (Å²) in [4.78, 5) is 2.73. The molecule has 0 radical (unpaired) electrons. The first-order valence-electron chi connectivity index (χ1n) is 9.29. The van der Waals surface area contributed by atoms with E-state index in [9.17, 15) is 0 Å². The van der Waals surface area contributed by atoms with Gasteiger partial charge in [0, 0.05) is 11.6 Å². The van der Waals surface area contributed by atoms with Crippen LogP contribution in [-0.4, -0.2) is 36.1 Å². The molecule has 2 nitrogen and oxygen atoms in total. The molecule has 0 spiro atoms. The zero-order valence-corrected chi connectivity index (χ0v) is 14.8. The summed E-state index contributed by atoms with van der Waals surface area (Å²) in [5.41, 5.74) is 1.82. The highest BCUT2D eigenvalue weighted by molar-refractivity contribution is 5.18. The van der Waals surface area contributed by atoms with Crippen LogP contribution >= 0.6 is 0 Å². The summed E-state index contributed by atoms with van der Waals surface area (Å²) in [5, 5.41) is 3.91. The van der Waals surface area contributed by atoms with E-state index in [1.165, 1.54) is 37.7 Å². The molecule has 1 N–H and O–H groups in total. The molecule has 2 heteroatoms. The standard InChI is InChI=1S/C20H34N2/c1-4-16-21-19(17-18-12-8-7-9-13-18)20(14-10-11-15-20)22(5-2)6-3/h7-9,12-13,19,21H,4-6,10-11,14-17H2,1-3H3. The van der Waals surface area contributed by atoms with Crippen molar-refractivity contribution in [3.05, 3.63) is 35.9 Å². The van der Waals surface area contributed by atoms with Gasteiger partial charge >= 0.3 is 0 Å². The first kappa shape index (κ1) is 17.5. The first-order chi connectivity index (χ1) is 10.8. The maximum Gasteiger partial charge on any atom is 0.0365 e. The van der Waals surface area contributed by atoms with Crippen LogP contribution in [0.15, 0.2) is 30.3 Å². The zero-order chi connectivity index (χ0) is 15.8. The molecule has 1 aromatic rings. The summed E-state index contributed by atoms with van der Waals surface area (Å²) in [6.07, 6.45) is 7.83. The molecule has 124 valence electrons. The van der Waals surface area contributed by atoms with Gasteiger partial charge in [-0.2, -0.15) is 0 Å². The number of nitrogens with one attached hydrogen (secondary N) is 1. The second-order valence-electron chi connectivity index (χ2n) is 6.68. The molecule has 1 unspecified atom stereocenters. The Labute approximate surface area is 137 Å². The van der Waals surface area contributed by atoms with Gasteiger partial charge in [0.05, 0.1) is 0 Å². The van der Waals surface area contributed by atoms with Crippen molar-refractivity contribution in [2.75, 3.05) is 19.6 Å². The van der Waals surface area contributed by atoms with Gasteiger partial charge in [0.15, 0.2) is 0 Å². The molecule has 0 amide bonds. The lowest BCUT2D eigenvalue weighted by Gasteiger charge is -2.47. The third kappa shape index (κ3) is 3.91. The van der Waals surface area contributed by atoms with E-state index >= 15 is 0 Å². The van der Waals surface area contributed by atoms with Crippen LogP contribution in [0, 0.1) is 0 Å². The van der Waals surface area contributed by atoms with Crippen molar-refractivity contribution in [2.45, 2.75) is 70.9 Å². The highest BCUT2D eigenvalue weighted by Gasteiger charge is 2.44. The monoisotopic (exact) mass is 302 g/mol. The van der Waals surface area contributed by atoms with Gasteiger partial charge in [0.25, 0.3) is 0 Å². The lowest BCUT2D eigenvalue weighted by atomic mass is 9.82. The Balaban J connectivity index is 2.23. The van der Waals surface area contributed by atoms with Crippen LogP contribution in [0.4, 0.5) is 0 Å². The van der Waals surface area contributed by atoms with E-state index in [2.05, 4.69) is 61.3 Å². The van der Waals surface area contributed by atoms with Gasteiger partial charge in [-0.1, -0.05) is 63.9 Å². The van der Waals surface area contributed by atoms with Crippen LogP contribution in [0.5, 0.6) is 0 Å². The lowest BCUT2D eigenvalue weighted by Crippen LogP contribution is -2.60. The van der Waals surface area contributed by atoms with Crippen molar-refractivity contribution in [2.24, 2.45) is 0 Å². The molecule has 1 fully saturated rings. The van der Waals surface area contributed by atoms with E-state index in [-0.39, 0.29) is 0 Å². The van der Waals surface area contributed by atoms with Crippen molar-refractivity contribution < 1.29 is 0 Å². The summed E-state index contributed by atoms with van der Waals surface area (Å²) in [6, 6.07) is 11.6. The predicted molar refractivity (Wildman–Crippen MR) is 96.3 cm³/mol. The van der Waals surface area contributed by atoms with Crippen LogP contribution in [0.25, 0.3) is 0 Å². The van der Waals surface area contributed by atoms with E-state index in [0.29, 0.717) is 11.6 Å². The van der Waals surface area contributed by atoms with E-state index in [1.807, 2.05) is 0 Å². The van der Waals surface area contributed by atoms with Crippen molar-refractivity contribution in [1.29, 1.82) is 0 Å². The molecule has 22 heavy (non-hydrogen) atoms. The lowest BCUT2D eigenvalue weighted by molar-refractivity contribution is 0.0629. The molecule has 0 aromatic heterocycles. The SMILES string of the molecule is CCCNC(Cc1ccccc1)C1(N(CC)CC)CCCC1. The van der Waals surface area contributed by atoms with Crippen LogP contribution in [-0.2, 0) is 6.42 Å². The van der Waals surface area contributed by atoms with Crippen LogP contribution in [0.2, 0.25) is 0 Å². The normalized spacial score (nSPS) is 18.7. The molecule has 2 rings (SSSR count). The molecule has 0 saturated heterocycles. The van der Waals surface area contributed by atoms with E-state index in [1.54, 1.807) is 0 Å². The molecule has 1 atom stereocenters. The molecular weight excluding hydrogens is 268 g/mol. The zero-order valence-electron chi connectivity index (χ0n) is 14.8. The third-order valence-electron chi connectivity index (χ3n) is 5.43. The van der Waals surface area contributed by atoms with Crippen molar-refractivity contribution >= 4 is 0 Å². The molecular formula is C20H34N2. The Bertz CT molecular complexity index is 405. The Morgan fingerprint density at radius 3 is 2.23 bits per heavy atom. The van der Waals surface area contributed by atoms with Crippen LogP contribution in [0.3, 0.4) is 0 Å². The molecule has 1 aromatic carbocycles. The Morgan fingerprint density at radius 1 is 1.05 bits per heavy atom. The summed E-state index contributed by atoms with van der Waals surface area (Å²) in [5.74, 6) is 0. The van der Waals surface area contributed by atoms with E-state index in [4.69, 9.17) is 0 Å². The Kier molecular flexibility index (Phi) is 6.91. The fourth-order valence-electron chi connectivity index (χ4n) is 4.35. The Morgan fingerprint density at radius 2 is 1.68 bits per heavy atom. The maximum atomic E-state index is 3.91. The molecule has 0 bridgehead atoms. The average Bonchev–Trinajstić information content (AvgIpc) is 3.04. The summed E-state index contributed by atoms with van der Waals surface area (Å²) in [7, 11) is 0. The van der Waals surface area contributed by atoms with Crippen LogP contribution in [0.1, 0.15) is 58.4 Å². The molecule has 1 aliphatic carbocycles. The number of rotatable bonds is 9. The summed E-state index contributed by atoms with van der Waals surface area (Å²) in [6.45, 7) is 10.4. The molecule has 1 saturated carbocycles. The fourth-order valence-corrected chi connectivity index (χ4v) is 4.35. The van der Waals surface area contributed by atoms with E-state index in [0.717, 1.165) is 26.1 Å². The predicted octanol–water partition coefficient (Wildman–Crippen LogP) is 4.25. The van der Waals surface area contributed by atoms with Crippen molar-refractivity contribution in [3.63, 3.8) is 0 Å². The minimum absolute atomic E-state index is 0.356. The largest absolute Gasteiger partial charge is 0.312 e. The number of likely N-dealkylation sites (N-methyl/N-ethyl adjacent to an activating group) is 1. The van der Waals surface area contributed by atoms with Gasteiger partial charge in [-0.25, -0.2) is 0 Å². The number of hydrogen-bond donors (Lipinski definition) is 1. The second kappa shape index (κ2) is 8.69. The van der Waals surface area contributed by atoms with Crippen LogP contribution < -0.4 is 5.32 Å². The topological polar surface area (TPSA) is 15.3 Å². The van der Waals surface area contributed by atoms with Gasteiger partial charge in [-0.05, 0) is 50.9 Å². The highest BCUT2D eigenvalue weighted by atomic mass is 15.2. The van der Waals surface area contributed by atoms with Gasteiger partial charge < -0.3 is 5.32 Å². The second-order valence-corrected chi connectivity index (χ2v) is 6.68. The average molecular weight is 303 g/mol. The smallest absolute Gasteiger partial charge is 0.0365 e. The Hall–Kier alpha value is -0.860. The fraction of sp³-hybridized carbons (Fsp3) is 0.700. The van der Waals surface area contributed by atoms with Gasteiger partial charge in [0.2, 0.25) is 0 Å². The first-order valence-corrected chi connectivity index (χ1v) is 9.29.